The van der Waals surface area contributed by atoms with E-state index in [2.05, 4.69) is 4.74 Å². The molecular formula is C10H19NO3. The van der Waals surface area contributed by atoms with E-state index < -0.39 is 0 Å². The molecule has 0 rings (SSSR count). The zero-order valence-corrected chi connectivity index (χ0v) is 8.97. The first-order valence-corrected chi connectivity index (χ1v) is 4.89. The molecular weight excluding hydrogens is 182 g/mol. The van der Waals surface area contributed by atoms with Crippen LogP contribution in [-0.2, 0) is 14.3 Å². The summed E-state index contributed by atoms with van der Waals surface area (Å²) < 4.78 is 9.24. The van der Waals surface area contributed by atoms with Crippen LogP contribution in [0.2, 0.25) is 0 Å². The highest BCUT2D eigenvalue weighted by molar-refractivity contribution is 5.72. The van der Waals surface area contributed by atoms with Gasteiger partial charge >= 0.3 is 5.97 Å². The molecule has 0 radical (unpaired) electrons. The van der Waals surface area contributed by atoms with Crippen molar-refractivity contribution in [1.82, 2.24) is 0 Å². The number of nitrogens with one attached hydrogen (secondary N) is 1. The Hall–Kier alpha value is -1.06. The van der Waals surface area contributed by atoms with Crippen molar-refractivity contribution < 1.29 is 14.3 Å². The normalized spacial score (nSPS) is 9.57. The Labute approximate surface area is 85.1 Å². The van der Waals surface area contributed by atoms with Gasteiger partial charge < -0.3 is 9.47 Å². The summed E-state index contributed by atoms with van der Waals surface area (Å²) in [5, 5.41) is 7.22. The maximum absolute atomic E-state index is 10.7. The number of carbonyl (C=O) groups is 1. The summed E-state index contributed by atoms with van der Waals surface area (Å²) in [4.78, 5) is 10.7. The quantitative estimate of drug-likeness (QED) is 0.297. The van der Waals surface area contributed by atoms with Gasteiger partial charge in [0.15, 0.2) is 5.90 Å². The molecule has 4 heteroatoms. The van der Waals surface area contributed by atoms with Crippen LogP contribution >= 0.6 is 0 Å². The molecule has 82 valence electrons. The summed E-state index contributed by atoms with van der Waals surface area (Å²) in [5.74, 6) is 0.188. The largest absolute Gasteiger partial charge is 0.484 e. The van der Waals surface area contributed by atoms with E-state index in [1.165, 1.54) is 14.2 Å². The fraction of sp³-hybridized carbons (Fsp3) is 0.800. The van der Waals surface area contributed by atoms with Crippen molar-refractivity contribution in [2.45, 2.75) is 38.5 Å². The van der Waals surface area contributed by atoms with Crippen molar-refractivity contribution in [2.24, 2.45) is 0 Å². The first kappa shape index (κ1) is 12.9. The lowest BCUT2D eigenvalue weighted by molar-refractivity contribution is -0.140. The Morgan fingerprint density at radius 2 is 1.57 bits per heavy atom. The minimum atomic E-state index is -0.144. The first-order chi connectivity index (χ1) is 6.70. The van der Waals surface area contributed by atoms with Crippen LogP contribution in [0, 0.1) is 5.41 Å². The van der Waals surface area contributed by atoms with Crippen LogP contribution < -0.4 is 0 Å². The zero-order chi connectivity index (χ0) is 10.8. The molecule has 0 aliphatic rings. The van der Waals surface area contributed by atoms with E-state index in [-0.39, 0.29) is 5.97 Å². The second-order valence-electron chi connectivity index (χ2n) is 3.12. The minimum absolute atomic E-state index is 0.144. The van der Waals surface area contributed by atoms with Crippen LogP contribution in [0.3, 0.4) is 0 Å². The van der Waals surface area contributed by atoms with Gasteiger partial charge in [-0.3, -0.25) is 10.2 Å². The summed E-state index contributed by atoms with van der Waals surface area (Å²) >= 11 is 0. The van der Waals surface area contributed by atoms with Crippen molar-refractivity contribution in [3.63, 3.8) is 0 Å². The van der Waals surface area contributed by atoms with Crippen LogP contribution in [0.25, 0.3) is 0 Å². The smallest absolute Gasteiger partial charge is 0.305 e. The fourth-order valence-corrected chi connectivity index (χ4v) is 1.11. The number of carbonyl (C=O) groups excluding carboxylic acids is 1. The van der Waals surface area contributed by atoms with Gasteiger partial charge in [0, 0.05) is 12.8 Å². The Morgan fingerprint density at radius 1 is 1.00 bits per heavy atom. The van der Waals surface area contributed by atoms with Gasteiger partial charge in [-0.15, -0.1) is 0 Å². The predicted octanol–water partition coefficient (Wildman–Crippen LogP) is 2.12. The van der Waals surface area contributed by atoms with E-state index in [0.717, 1.165) is 25.7 Å². The fourth-order valence-electron chi connectivity index (χ4n) is 1.11. The molecule has 14 heavy (non-hydrogen) atoms. The molecule has 0 aliphatic heterocycles. The molecule has 0 heterocycles. The van der Waals surface area contributed by atoms with E-state index in [4.69, 9.17) is 10.1 Å². The molecule has 0 saturated carbocycles. The van der Waals surface area contributed by atoms with Crippen molar-refractivity contribution in [2.75, 3.05) is 14.2 Å². The third-order valence-electron chi connectivity index (χ3n) is 2.01. The average Bonchev–Trinajstić information content (AvgIpc) is 2.22. The van der Waals surface area contributed by atoms with Crippen molar-refractivity contribution >= 4 is 11.9 Å². The van der Waals surface area contributed by atoms with E-state index in [1.807, 2.05) is 0 Å². The first-order valence-electron chi connectivity index (χ1n) is 4.89. The summed E-state index contributed by atoms with van der Waals surface area (Å²) in [7, 11) is 2.92. The van der Waals surface area contributed by atoms with E-state index >= 15 is 0 Å². The van der Waals surface area contributed by atoms with Crippen molar-refractivity contribution in [3.05, 3.63) is 0 Å². The second kappa shape index (κ2) is 8.53. The molecule has 0 fully saturated rings. The van der Waals surface area contributed by atoms with Gasteiger partial charge in [0.2, 0.25) is 0 Å². The van der Waals surface area contributed by atoms with Gasteiger partial charge in [-0.2, -0.15) is 0 Å². The van der Waals surface area contributed by atoms with Crippen LogP contribution in [0.15, 0.2) is 0 Å². The molecule has 0 aliphatic carbocycles. The van der Waals surface area contributed by atoms with Crippen LogP contribution in [0.4, 0.5) is 0 Å². The lowest BCUT2D eigenvalue weighted by Crippen LogP contribution is -2.00. The Kier molecular flexibility index (Phi) is 7.89. The maximum atomic E-state index is 10.7. The van der Waals surface area contributed by atoms with Crippen molar-refractivity contribution in [3.8, 4) is 0 Å². The number of hydrogen-bond donors (Lipinski definition) is 1. The molecule has 0 spiro atoms. The number of esters is 1. The van der Waals surface area contributed by atoms with Gasteiger partial charge in [-0.25, -0.2) is 0 Å². The van der Waals surface area contributed by atoms with Crippen LogP contribution in [0.1, 0.15) is 38.5 Å². The standard InChI is InChI=1S/C10H19NO3/c1-13-9(11)7-5-3-4-6-8-10(12)14-2/h11H,3-8H2,1-2H3. The molecule has 0 amide bonds. The maximum Gasteiger partial charge on any atom is 0.305 e. The summed E-state index contributed by atoms with van der Waals surface area (Å²) in [6.45, 7) is 0. The third-order valence-corrected chi connectivity index (χ3v) is 2.01. The molecule has 0 aromatic heterocycles. The monoisotopic (exact) mass is 201 g/mol. The molecule has 0 saturated heterocycles. The minimum Gasteiger partial charge on any atom is -0.484 e. The van der Waals surface area contributed by atoms with Crippen LogP contribution in [0.5, 0.6) is 0 Å². The SMILES string of the molecule is COC(=N)CCCCCCC(=O)OC. The molecule has 0 atom stereocenters. The van der Waals surface area contributed by atoms with Gasteiger partial charge in [-0.05, 0) is 12.8 Å². The van der Waals surface area contributed by atoms with Gasteiger partial charge in [0.25, 0.3) is 0 Å². The van der Waals surface area contributed by atoms with E-state index in [0.29, 0.717) is 18.7 Å². The van der Waals surface area contributed by atoms with Gasteiger partial charge in [-0.1, -0.05) is 12.8 Å². The van der Waals surface area contributed by atoms with Gasteiger partial charge in [0.1, 0.15) is 0 Å². The predicted molar refractivity (Wildman–Crippen MR) is 54.5 cm³/mol. The molecule has 0 bridgehead atoms. The number of methoxy groups -OCH3 is 2. The van der Waals surface area contributed by atoms with Crippen molar-refractivity contribution in [1.29, 1.82) is 5.41 Å². The van der Waals surface area contributed by atoms with Gasteiger partial charge in [0.05, 0.1) is 14.2 Å². The topological polar surface area (TPSA) is 59.4 Å². The number of ether oxygens (including phenoxy) is 2. The summed E-state index contributed by atoms with van der Waals surface area (Å²) in [6, 6.07) is 0. The Morgan fingerprint density at radius 3 is 2.07 bits per heavy atom. The molecule has 4 nitrogen and oxygen atoms in total. The zero-order valence-electron chi connectivity index (χ0n) is 8.97. The molecule has 0 aromatic rings. The summed E-state index contributed by atoms with van der Waals surface area (Å²) in [5.41, 5.74) is 0. The molecule has 0 aromatic carbocycles. The Balaban J connectivity index is 3.14. The second-order valence-corrected chi connectivity index (χ2v) is 3.12. The third kappa shape index (κ3) is 7.58. The van der Waals surface area contributed by atoms with E-state index in [9.17, 15) is 4.79 Å². The number of rotatable bonds is 7. The summed E-state index contributed by atoms with van der Waals surface area (Å²) in [6.07, 6.45) is 5.04. The van der Waals surface area contributed by atoms with Crippen LogP contribution in [-0.4, -0.2) is 26.1 Å². The lowest BCUT2D eigenvalue weighted by Gasteiger charge is -2.02. The number of hydrogen-bond acceptors (Lipinski definition) is 4. The highest BCUT2D eigenvalue weighted by Gasteiger charge is 1.99. The highest BCUT2D eigenvalue weighted by Crippen LogP contribution is 2.06. The molecule has 0 unspecified atom stereocenters. The lowest BCUT2D eigenvalue weighted by atomic mass is 10.1. The van der Waals surface area contributed by atoms with E-state index in [1.54, 1.807) is 0 Å². The Bertz CT molecular complexity index is 160. The molecule has 1 N–H and O–H groups in total. The highest BCUT2D eigenvalue weighted by atomic mass is 16.5. The average molecular weight is 201 g/mol. The number of unbranched alkanes of at least 4 members (excludes halogenated alkanes) is 3.